The lowest BCUT2D eigenvalue weighted by molar-refractivity contribution is 0.00105. The molecule has 2 aliphatic heterocycles. The second-order valence-electron chi connectivity index (χ2n) is 16.7. The maximum absolute atomic E-state index is 12.7. The molecule has 4 N–H and O–H groups in total. The van der Waals surface area contributed by atoms with E-state index in [1.165, 1.54) is 0 Å². The molecule has 2 aromatic carbocycles. The van der Waals surface area contributed by atoms with Gasteiger partial charge in [-0.15, -0.1) is 13.2 Å². The summed E-state index contributed by atoms with van der Waals surface area (Å²) >= 11 is 0. The number of hydrogen-bond donors (Lipinski definition) is 3. The van der Waals surface area contributed by atoms with Crippen LogP contribution in [-0.2, 0) is 38.2 Å². The summed E-state index contributed by atoms with van der Waals surface area (Å²) in [5, 5.41) is 19.7. The van der Waals surface area contributed by atoms with Gasteiger partial charge in [-0.2, -0.15) is 0 Å². The van der Waals surface area contributed by atoms with Crippen molar-refractivity contribution in [1.82, 2.24) is 0 Å². The van der Waals surface area contributed by atoms with Gasteiger partial charge in [-0.05, 0) is 67.8 Å². The molecule has 4 rings (SSSR count). The predicted octanol–water partition coefficient (Wildman–Crippen LogP) is 6.88. The Labute approximate surface area is 354 Å². The Hall–Kier alpha value is -1.92. The fourth-order valence-electron chi connectivity index (χ4n) is 7.16. The molecule has 0 bridgehead atoms. The summed E-state index contributed by atoms with van der Waals surface area (Å²) < 4.78 is 84.0. The monoisotopic (exact) mass is 905 g/mol. The molecule has 2 heterocycles. The summed E-state index contributed by atoms with van der Waals surface area (Å²) in [5.74, 6) is 0.0979. The minimum Gasteiger partial charge on any atom is -0.393 e. The van der Waals surface area contributed by atoms with Gasteiger partial charge in [-0.3, -0.25) is 0 Å². The Kier molecular flexibility index (Phi) is 21.5. The van der Waals surface area contributed by atoms with E-state index in [-0.39, 0.29) is 71.9 Å². The van der Waals surface area contributed by atoms with E-state index in [1.807, 2.05) is 26.8 Å². The van der Waals surface area contributed by atoms with Crippen LogP contribution in [0.4, 0.5) is 0 Å². The van der Waals surface area contributed by atoms with E-state index in [1.54, 1.807) is 66.7 Å². The summed E-state index contributed by atoms with van der Waals surface area (Å²) in [4.78, 5) is 0.687. The van der Waals surface area contributed by atoms with Crippen molar-refractivity contribution in [3.63, 3.8) is 0 Å². The molecule has 330 valence electrons. The smallest absolute Gasteiger partial charge is 0.232 e. The van der Waals surface area contributed by atoms with Crippen molar-refractivity contribution in [1.29, 1.82) is 0 Å². The number of aliphatic hydroxyl groups excluding tert-OH is 2. The Morgan fingerprint density at radius 3 is 1.40 bits per heavy atom. The second-order valence-corrected chi connectivity index (χ2v) is 29.3. The molecule has 0 amide bonds. The van der Waals surface area contributed by atoms with Crippen molar-refractivity contribution in [2.75, 3.05) is 23.8 Å². The molecular formula is C42H68ClNO10S3Si. The predicted molar refractivity (Wildman–Crippen MR) is 238 cm³/mol. The molecule has 0 spiro atoms. The second kappa shape index (κ2) is 23.9. The van der Waals surface area contributed by atoms with Gasteiger partial charge in [0.15, 0.2) is 19.7 Å². The highest BCUT2D eigenvalue weighted by molar-refractivity contribution is 8.13. The Morgan fingerprint density at radius 2 is 1.10 bits per heavy atom. The molecule has 0 aromatic heterocycles. The third kappa shape index (κ3) is 17.6. The van der Waals surface area contributed by atoms with Gasteiger partial charge in [-0.25, -0.2) is 25.3 Å². The van der Waals surface area contributed by atoms with Gasteiger partial charge in [0.1, 0.15) is 0 Å². The van der Waals surface area contributed by atoms with Crippen molar-refractivity contribution < 1.29 is 44.9 Å². The van der Waals surface area contributed by atoms with Crippen LogP contribution in [-0.4, -0.2) is 104 Å². The number of rotatable bonds is 19. The molecule has 2 saturated heterocycles. The standard InChI is InChI=1S/C19H28O4S.C18H27NO4S.C5H13ClO2SSi/c1-4-9-18-17(14(3)19(23-18)12-15(20)5-2)13-24(21,22)16-10-7-6-8-11-16;1-3-7-17-16(13(2)18(23-17)10-14(20)11-19)12-24(21,22)15-8-5-4-6-9-15;1-10(2,3)5-4-9(6,7)8/h4,6-8,10-11,14-15,17-20H,1,5,9,12-13H2,2-3H3;3-6,8-9,13-14,16-18,20H,1,7,10-12,19H2,2H3;4-5H2,1-3H3/t14-,15-,17-,18+,19-;13-,14+,16-,17+,18-;/m11./s1. The van der Waals surface area contributed by atoms with Crippen LogP contribution in [0.1, 0.15) is 52.9 Å². The largest absolute Gasteiger partial charge is 0.393 e. The first-order valence-corrected chi connectivity index (χ1v) is 29.5. The van der Waals surface area contributed by atoms with Crippen LogP contribution in [0, 0.1) is 23.7 Å². The fraction of sp³-hybridized carbons (Fsp3) is 0.619. The number of aliphatic hydroxyl groups is 2. The lowest BCUT2D eigenvalue weighted by Gasteiger charge is -2.21. The van der Waals surface area contributed by atoms with E-state index in [9.17, 15) is 35.5 Å². The van der Waals surface area contributed by atoms with Gasteiger partial charge >= 0.3 is 0 Å². The summed E-state index contributed by atoms with van der Waals surface area (Å²) in [6.07, 6.45) is 4.68. The van der Waals surface area contributed by atoms with Gasteiger partial charge in [0.25, 0.3) is 0 Å². The topological polar surface area (TPSA) is 187 Å². The zero-order valence-electron chi connectivity index (χ0n) is 35.0. The molecular weight excluding hydrogens is 838 g/mol. The number of benzene rings is 2. The average molecular weight is 907 g/mol. The van der Waals surface area contributed by atoms with Crippen LogP contribution >= 0.6 is 10.7 Å². The maximum Gasteiger partial charge on any atom is 0.232 e. The van der Waals surface area contributed by atoms with Gasteiger partial charge in [0.2, 0.25) is 9.05 Å². The van der Waals surface area contributed by atoms with Crippen LogP contribution < -0.4 is 5.73 Å². The van der Waals surface area contributed by atoms with Crippen molar-refractivity contribution >= 4 is 47.5 Å². The third-order valence-electron chi connectivity index (χ3n) is 10.9. The lowest BCUT2D eigenvalue weighted by Crippen LogP contribution is -2.30. The molecule has 0 unspecified atom stereocenters. The summed E-state index contributed by atoms with van der Waals surface area (Å²) in [5.41, 5.74) is 5.48. The van der Waals surface area contributed by atoms with Crippen LogP contribution in [0.3, 0.4) is 0 Å². The Morgan fingerprint density at radius 1 is 0.724 bits per heavy atom. The van der Waals surface area contributed by atoms with Crippen LogP contribution in [0.2, 0.25) is 25.7 Å². The van der Waals surface area contributed by atoms with Crippen molar-refractivity contribution in [3.8, 4) is 0 Å². The number of ether oxygens (including phenoxy) is 2. The van der Waals surface area contributed by atoms with Gasteiger partial charge in [0, 0.05) is 43.6 Å². The molecule has 0 saturated carbocycles. The van der Waals surface area contributed by atoms with Crippen LogP contribution in [0.5, 0.6) is 0 Å². The highest BCUT2D eigenvalue weighted by Crippen LogP contribution is 2.39. The minimum absolute atomic E-state index is 0.0228. The molecule has 2 aromatic rings. The van der Waals surface area contributed by atoms with Gasteiger partial charge in [0.05, 0.1) is 63.7 Å². The first-order chi connectivity index (χ1) is 27.0. The molecule has 2 fully saturated rings. The molecule has 10 atom stereocenters. The summed E-state index contributed by atoms with van der Waals surface area (Å²) in [6.45, 7) is 20.0. The third-order valence-corrected chi connectivity index (χ3v) is 17.7. The summed E-state index contributed by atoms with van der Waals surface area (Å²) in [7, 11) is -6.20. The summed E-state index contributed by atoms with van der Waals surface area (Å²) in [6, 6.07) is 17.8. The Bertz CT molecular complexity index is 1750. The van der Waals surface area contributed by atoms with Crippen molar-refractivity contribution in [2.24, 2.45) is 29.4 Å². The fourth-order valence-corrected chi connectivity index (χ4v) is 14.9. The number of hydrogen-bond acceptors (Lipinski definition) is 11. The first-order valence-electron chi connectivity index (χ1n) is 20.0. The normalized spacial score (nSPS) is 26.0. The SMILES string of the molecule is C=CC[C@@H]1O[C@H](C[C@H](O)CC)[C@H](C)[C@H]1CS(=O)(=O)c1ccccc1.C=CC[C@@H]1O[C@H](C[C@H](O)CN)[C@H](C)[C@H]1CS(=O)(=O)c1ccccc1.C[Si](C)(C)CCS(=O)(=O)Cl. The highest BCUT2D eigenvalue weighted by atomic mass is 35.7. The highest BCUT2D eigenvalue weighted by Gasteiger charge is 2.45. The van der Waals surface area contributed by atoms with Crippen molar-refractivity contribution in [3.05, 3.63) is 86.0 Å². The zero-order valence-corrected chi connectivity index (χ0v) is 39.2. The zero-order chi connectivity index (χ0) is 43.9. The number of sulfone groups is 2. The minimum atomic E-state index is -3.39. The molecule has 2 aliphatic rings. The molecule has 0 radical (unpaired) electrons. The number of nitrogens with two attached hydrogens (primary N) is 1. The van der Waals surface area contributed by atoms with E-state index >= 15 is 0 Å². The molecule has 11 nitrogen and oxygen atoms in total. The maximum atomic E-state index is 12.7. The number of halogens is 1. The quantitative estimate of drug-likeness (QED) is 0.0758. The van der Waals surface area contributed by atoms with Crippen LogP contribution in [0.15, 0.2) is 95.8 Å². The van der Waals surface area contributed by atoms with E-state index < -0.39 is 49.0 Å². The molecule has 0 aliphatic carbocycles. The Balaban J connectivity index is 0.000000326. The van der Waals surface area contributed by atoms with Gasteiger partial charge < -0.3 is 25.4 Å². The molecule has 16 heteroatoms. The van der Waals surface area contributed by atoms with E-state index in [0.717, 1.165) is 6.04 Å². The van der Waals surface area contributed by atoms with Crippen molar-refractivity contribution in [2.45, 2.75) is 125 Å². The first kappa shape index (κ1) is 52.2. The lowest BCUT2D eigenvalue weighted by atomic mass is 9.87. The molecule has 58 heavy (non-hydrogen) atoms. The van der Waals surface area contributed by atoms with Gasteiger partial charge in [-0.1, -0.05) is 89.0 Å². The average Bonchev–Trinajstić information content (AvgIpc) is 3.60. The van der Waals surface area contributed by atoms with E-state index in [0.29, 0.717) is 41.9 Å². The van der Waals surface area contributed by atoms with E-state index in [2.05, 4.69) is 32.8 Å². The van der Waals surface area contributed by atoms with E-state index in [4.69, 9.17) is 25.9 Å². The van der Waals surface area contributed by atoms with Crippen LogP contribution in [0.25, 0.3) is 0 Å².